The van der Waals surface area contributed by atoms with Gasteiger partial charge in [-0.05, 0) is 5.92 Å². The van der Waals surface area contributed by atoms with E-state index in [1.54, 1.807) is 13.3 Å². The first-order valence-corrected chi connectivity index (χ1v) is 5.27. The first-order valence-electron chi connectivity index (χ1n) is 4.28. The van der Waals surface area contributed by atoms with E-state index in [9.17, 15) is 4.79 Å². The topological polar surface area (TPSA) is 34.9 Å². The third kappa shape index (κ3) is 4.15. The second-order valence-corrected chi connectivity index (χ2v) is 4.09. The Balaban J connectivity index is 2.30. The predicted octanol–water partition coefficient (Wildman–Crippen LogP) is 1.44. The van der Waals surface area contributed by atoms with Crippen molar-refractivity contribution in [1.82, 2.24) is 9.55 Å². The van der Waals surface area contributed by atoms with Gasteiger partial charge in [-0.25, -0.2) is 4.98 Å². The lowest BCUT2D eigenvalue weighted by molar-refractivity contribution is -0.109. The Kier molecular flexibility index (Phi) is 4.27. The maximum absolute atomic E-state index is 10.6. The van der Waals surface area contributed by atoms with E-state index in [1.807, 2.05) is 17.8 Å². The zero-order chi connectivity index (χ0) is 10.4. The summed E-state index contributed by atoms with van der Waals surface area (Å²) < 4.78 is 1.86. The highest BCUT2D eigenvalue weighted by molar-refractivity contribution is 8.13. The molecular weight excluding hydrogens is 196 g/mol. The monoisotopic (exact) mass is 208 g/mol. The lowest BCUT2D eigenvalue weighted by atomic mass is 10.4. The van der Waals surface area contributed by atoms with Crippen LogP contribution in [-0.4, -0.2) is 20.4 Å². The number of imidazole rings is 1. The second-order valence-electron chi connectivity index (χ2n) is 2.82. The summed E-state index contributed by atoms with van der Waals surface area (Å²) in [6, 6.07) is 0. The molecule has 0 spiro atoms. The first kappa shape index (κ1) is 10.9. The molecule has 1 rings (SSSR count). The number of hydrogen-bond acceptors (Lipinski definition) is 3. The van der Waals surface area contributed by atoms with Crippen molar-refractivity contribution in [3.05, 3.63) is 18.2 Å². The molecule has 0 aliphatic heterocycles. The summed E-state index contributed by atoms with van der Waals surface area (Å²) in [6.45, 7) is 1.57. The van der Waals surface area contributed by atoms with Crippen LogP contribution in [0.5, 0.6) is 0 Å². The number of carbonyl (C=O) groups excluding carboxylic acids is 1. The van der Waals surface area contributed by atoms with Crippen molar-refractivity contribution >= 4 is 16.9 Å². The van der Waals surface area contributed by atoms with Gasteiger partial charge in [0.1, 0.15) is 5.69 Å². The molecule has 0 radical (unpaired) electrons. The molecule has 74 valence electrons. The minimum Gasteiger partial charge on any atom is -0.339 e. The molecule has 1 aromatic rings. The fraction of sp³-hybridized carbons (Fsp3) is 0.400. The fourth-order valence-electron chi connectivity index (χ4n) is 0.876. The van der Waals surface area contributed by atoms with Gasteiger partial charge in [-0.15, -0.1) is 0 Å². The molecule has 1 aromatic heterocycles. The van der Waals surface area contributed by atoms with Gasteiger partial charge in [0.2, 0.25) is 0 Å². The third-order valence-corrected chi connectivity index (χ3v) is 2.27. The van der Waals surface area contributed by atoms with Gasteiger partial charge in [0, 0.05) is 32.3 Å². The summed E-state index contributed by atoms with van der Waals surface area (Å²) in [5, 5.41) is 0.143. The normalized spacial score (nSPS) is 9.29. The number of nitrogens with zero attached hydrogens (tertiary/aromatic N) is 2. The lowest BCUT2D eigenvalue weighted by Crippen LogP contribution is -1.84. The van der Waals surface area contributed by atoms with Crippen molar-refractivity contribution < 1.29 is 4.79 Å². The van der Waals surface area contributed by atoms with Crippen LogP contribution in [0.4, 0.5) is 0 Å². The lowest BCUT2D eigenvalue weighted by Gasteiger charge is -1.87. The molecule has 0 saturated heterocycles. The average molecular weight is 208 g/mol. The van der Waals surface area contributed by atoms with Crippen molar-refractivity contribution in [2.45, 2.75) is 13.3 Å². The minimum atomic E-state index is 0.143. The van der Waals surface area contributed by atoms with E-state index in [1.165, 1.54) is 11.8 Å². The number of carbonyl (C=O) groups is 1. The molecule has 0 atom stereocenters. The van der Waals surface area contributed by atoms with Gasteiger partial charge in [-0.2, -0.15) is 0 Å². The number of hydrogen-bond donors (Lipinski definition) is 0. The quantitative estimate of drug-likeness (QED) is 0.545. The van der Waals surface area contributed by atoms with E-state index >= 15 is 0 Å². The van der Waals surface area contributed by atoms with Crippen LogP contribution in [0, 0.1) is 11.8 Å². The molecule has 0 aliphatic carbocycles. The Morgan fingerprint density at radius 3 is 3.07 bits per heavy atom. The third-order valence-electron chi connectivity index (χ3n) is 1.45. The van der Waals surface area contributed by atoms with Gasteiger partial charge in [0.15, 0.2) is 5.12 Å². The highest BCUT2D eigenvalue weighted by Gasteiger charge is 1.91. The van der Waals surface area contributed by atoms with Crippen molar-refractivity contribution in [2.24, 2.45) is 7.05 Å². The van der Waals surface area contributed by atoms with E-state index in [4.69, 9.17) is 0 Å². The summed E-state index contributed by atoms with van der Waals surface area (Å²) in [5.41, 5.74) is 0.778. The van der Waals surface area contributed by atoms with Gasteiger partial charge in [-0.3, -0.25) is 4.79 Å². The molecule has 0 saturated carbocycles. The van der Waals surface area contributed by atoms with E-state index in [0.717, 1.165) is 17.9 Å². The first-order chi connectivity index (χ1) is 6.68. The Morgan fingerprint density at radius 2 is 2.50 bits per heavy atom. The average Bonchev–Trinajstić information content (AvgIpc) is 2.50. The van der Waals surface area contributed by atoms with Crippen LogP contribution in [0.2, 0.25) is 0 Å². The summed E-state index contributed by atoms with van der Waals surface area (Å²) in [7, 11) is 1.91. The zero-order valence-corrected chi connectivity index (χ0v) is 9.10. The molecule has 0 fully saturated rings. The van der Waals surface area contributed by atoms with Gasteiger partial charge >= 0.3 is 0 Å². The summed E-state index contributed by atoms with van der Waals surface area (Å²) in [5.74, 6) is 6.66. The smallest absolute Gasteiger partial charge is 0.185 e. The Bertz CT molecular complexity index is 373. The second kappa shape index (κ2) is 5.51. The molecule has 1 heterocycles. The van der Waals surface area contributed by atoms with Gasteiger partial charge in [-0.1, -0.05) is 17.7 Å². The number of rotatable bonds is 2. The highest BCUT2D eigenvalue weighted by atomic mass is 32.2. The number of aryl methyl sites for hydroxylation is 1. The highest BCUT2D eigenvalue weighted by Crippen LogP contribution is 2.02. The molecule has 0 amide bonds. The van der Waals surface area contributed by atoms with Crippen LogP contribution < -0.4 is 0 Å². The van der Waals surface area contributed by atoms with Crippen LogP contribution in [0.15, 0.2) is 12.5 Å². The predicted molar refractivity (Wildman–Crippen MR) is 57.8 cm³/mol. The van der Waals surface area contributed by atoms with Crippen molar-refractivity contribution in [3.8, 4) is 11.8 Å². The molecule has 4 heteroatoms. The number of thioether (sulfide) groups is 1. The molecule has 0 aromatic carbocycles. The molecule has 3 nitrogen and oxygen atoms in total. The Labute approximate surface area is 87.9 Å². The Morgan fingerprint density at radius 1 is 1.71 bits per heavy atom. The van der Waals surface area contributed by atoms with E-state index in [0.29, 0.717) is 0 Å². The van der Waals surface area contributed by atoms with E-state index in [2.05, 4.69) is 16.8 Å². The Hall–Kier alpha value is -1.21. The largest absolute Gasteiger partial charge is 0.339 e. The standard InChI is InChI=1S/C10H12N2OS/c1-9(13)14-6-4-3-5-10-7-12(2)8-11-10/h7-8H,4,6H2,1-2H3. The van der Waals surface area contributed by atoms with E-state index in [-0.39, 0.29) is 5.12 Å². The van der Waals surface area contributed by atoms with Gasteiger partial charge in [0.05, 0.1) is 6.33 Å². The van der Waals surface area contributed by atoms with Gasteiger partial charge < -0.3 is 4.57 Å². The fourth-order valence-corrected chi connectivity index (χ4v) is 1.37. The van der Waals surface area contributed by atoms with Crippen molar-refractivity contribution in [1.29, 1.82) is 0 Å². The molecule has 14 heavy (non-hydrogen) atoms. The molecule has 0 aliphatic rings. The molecule has 0 unspecified atom stereocenters. The van der Waals surface area contributed by atoms with Crippen molar-refractivity contribution in [3.63, 3.8) is 0 Å². The van der Waals surface area contributed by atoms with Crippen LogP contribution >= 0.6 is 11.8 Å². The summed E-state index contributed by atoms with van der Waals surface area (Å²) in [4.78, 5) is 14.6. The molecule has 0 N–H and O–H groups in total. The van der Waals surface area contributed by atoms with Crippen LogP contribution in [0.1, 0.15) is 19.0 Å². The molecule has 0 bridgehead atoms. The van der Waals surface area contributed by atoms with Crippen molar-refractivity contribution in [2.75, 3.05) is 5.75 Å². The minimum absolute atomic E-state index is 0.143. The maximum Gasteiger partial charge on any atom is 0.185 e. The van der Waals surface area contributed by atoms with E-state index < -0.39 is 0 Å². The maximum atomic E-state index is 10.6. The zero-order valence-electron chi connectivity index (χ0n) is 8.28. The molecular formula is C10H12N2OS. The van der Waals surface area contributed by atoms with Crippen LogP contribution in [0.3, 0.4) is 0 Å². The number of aromatic nitrogens is 2. The SMILES string of the molecule is CC(=O)SCCC#Cc1cn(C)cn1. The summed E-state index contributed by atoms with van der Waals surface area (Å²) in [6.07, 6.45) is 4.31. The van der Waals surface area contributed by atoms with Crippen LogP contribution in [0.25, 0.3) is 0 Å². The van der Waals surface area contributed by atoms with Gasteiger partial charge in [0.25, 0.3) is 0 Å². The van der Waals surface area contributed by atoms with Crippen LogP contribution in [-0.2, 0) is 11.8 Å². The summed E-state index contributed by atoms with van der Waals surface area (Å²) >= 11 is 1.30.